The second-order valence-electron chi connectivity index (χ2n) is 4.47. The van der Waals surface area contributed by atoms with Crippen LogP contribution in [0.3, 0.4) is 0 Å². The molecule has 90 valence electrons. The van der Waals surface area contributed by atoms with Gasteiger partial charge in [0.05, 0.1) is 0 Å². The van der Waals surface area contributed by atoms with Gasteiger partial charge in [0, 0.05) is 12.5 Å². The number of nitrogens with one attached hydrogen (secondary N) is 1. The van der Waals surface area contributed by atoms with E-state index in [9.17, 15) is 9.59 Å². The largest absolute Gasteiger partial charge is 0.428 e. The van der Waals surface area contributed by atoms with Crippen LogP contribution < -0.4 is 10.9 Å². The Morgan fingerprint density at radius 2 is 2.24 bits per heavy atom. The minimum Gasteiger partial charge on any atom is -0.428 e. The Morgan fingerprint density at radius 1 is 1.59 bits per heavy atom. The smallest absolute Gasteiger partial charge is 0.349 e. The summed E-state index contributed by atoms with van der Waals surface area (Å²) in [5.74, 6) is 0.521. The molecule has 4 nitrogen and oxygen atoms in total. The maximum absolute atomic E-state index is 11.8. The zero-order chi connectivity index (χ0) is 12.6. The number of aryl methyl sites for hydroxylation is 2. The fraction of sp³-hybridized carbons (Fsp3) is 0.385. The van der Waals surface area contributed by atoms with Gasteiger partial charge in [-0.1, -0.05) is 12.2 Å². The Bertz CT molecular complexity index is 542. The fourth-order valence-corrected chi connectivity index (χ4v) is 1.81. The summed E-state index contributed by atoms with van der Waals surface area (Å²) in [6, 6.07) is 1.69. The van der Waals surface area contributed by atoms with Gasteiger partial charge >= 0.3 is 5.63 Å². The maximum Gasteiger partial charge on any atom is 0.349 e. The molecule has 1 aromatic heterocycles. The molecule has 2 rings (SSSR count). The van der Waals surface area contributed by atoms with E-state index in [1.54, 1.807) is 19.9 Å². The predicted molar refractivity (Wildman–Crippen MR) is 64.0 cm³/mol. The highest BCUT2D eigenvalue weighted by Gasteiger charge is 2.28. The first-order valence-electron chi connectivity index (χ1n) is 5.56. The third-order valence-electron chi connectivity index (χ3n) is 2.93. The molecule has 0 bridgehead atoms. The standard InChI is InChI=1S/C13H15NO3/c1-7-5-10(7)6-14-12(15)11-8(2)4-9(3)17-13(11)16/h4,10H,1,5-6H2,2-3H3,(H,14,15). The second-order valence-corrected chi connectivity index (χ2v) is 4.47. The van der Waals surface area contributed by atoms with E-state index in [2.05, 4.69) is 11.9 Å². The molecule has 1 amide bonds. The summed E-state index contributed by atoms with van der Waals surface area (Å²) in [6.45, 7) is 7.78. The zero-order valence-corrected chi connectivity index (χ0v) is 10.0. The van der Waals surface area contributed by atoms with Crippen molar-refractivity contribution in [2.24, 2.45) is 5.92 Å². The molecule has 1 aromatic rings. The summed E-state index contributed by atoms with van der Waals surface area (Å²) in [5.41, 5.74) is 1.32. The van der Waals surface area contributed by atoms with Crippen molar-refractivity contribution in [1.29, 1.82) is 0 Å². The molecule has 1 unspecified atom stereocenters. The van der Waals surface area contributed by atoms with E-state index in [-0.39, 0.29) is 11.5 Å². The van der Waals surface area contributed by atoms with Crippen molar-refractivity contribution >= 4 is 5.91 Å². The van der Waals surface area contributed by atoms with Crippen LogP contribution in [0, 0.1) is 19.8 Å². The molecule has 1 N–H and O–H groups in total. The summed E-state index contributed by atoms with van der Waals surface area (Å²) < 4.78 is 4.92. The van der Waals surface area contributed by atoms with Crippen molar-refractivity contribution in [1.82, 2.24) is 5.32 Å². The zero-order valence-electron chi connectivity index (χ0n) is 10.0. The Labute approximate surface area is 99.3 Å². The maximum atomic E-state index is 11.8. The van der Waals surface area contributed by atoms with Crippen LogP contribution in [0.25, 0.3) is 0 Å². The van der Waals surface area contributed by atoms with E-state index in [0.29, 0.717) is 23.8 Å². The molecule has 1 fully saturated rings. The van der Waals surface area contributed by atoms with Crippen molar-refractivity contribution < 1.29 is 9.21 Å². The van der Waals surface area contributed by atoms with Gasteiger partial charge in [0.2, 0.25) is 0 Å². The summed E-state index contributed by atoms with van der Waals surface area (Å²) in [7, 11) is 0. The first-order valence-corrected chi connectivity index (χ1v) is 5.56. The van der Waals surface area contributed by atoms with Gasteiger partial charge in [0.25, 0.3) is 5.91 Å². The lowest BCUT2D eigenvalue weighted by atomic mass is 10.1. The summed E-state index contributed by atoms with van der Waals surface area (Å²) in [5, 5.41) is 2.73. The Morgan fingerprint density at radius 3 is 2.76 bits per heavy atom. The van der Waals surface area contributed by atoms with E-state index in [4.69, 9.17) is 4.42 Å². The number of hydrogen-bond acceptors (Lipinski definition) is 3. The molecule has 0 saturated heterocycles. The molecular weight excluding hydrogens is 218 g/mol. The summed E-state index contributed by atoms with van der Waals surface area (Å²) in [6.07, 6.45) is 0.960. The molecule has 0 aliphatic heterocycles. The quantitative estimate of drug-likeness (QED) is 0.806. The van der Waals surface area contributed by atoms with Crippen LogP contribution in [0.1, 0.15) is 28.1 Å². The average molecular weight is 233 g/mol. The molecule has 0 aromatic carbocycles. The summed E-state index contributed by atoms with van der Waals surface area (Å²) >= 11 is 0. The lowest BCUT2D eigenvalue weighted by molar-refractivity contribution is 0.0947. The van der Waals surface area contributed by atoms with Crippen LogP contribution in [0.2, 0.25) is 0 Å². The van der Waals surface area contributed by atoms with Crippen molar-refractivity contribution in [3.63, 3.8) is 0 Å². The molecule has 0 spiro atoms. The van der Waals surface area contributed by atoms with Crippen LogP contribution in [-0.2, 0) is 0 Å². The van der Waals surface area contributed by atoms with Gasteiger partial charge in [-0.2, -0.15) is 0 Å². The van der Waals surface area contributed by atoms with Crippen LogP contribution >= 0.6 is 0 Å². The van der Waals surface area contributed by atoms with Gasteiger partial charge in [-0.3, -0.25) is 4.79 Å². The highest BCUT2D eigenvalue weighted by atomic mass is 16.4. The number of rotatable bonds is 3. The highest BCUT2D eigenvalue weighted by molar-refractivity contribution is 5.95. The number of amides is 1. The van der Waals surface area contributed by atoms with Gasteiger partial charge in [0.1, 0.15) is 11.3 Å². The minimum absolute atomic E-state index is 0.0989. The SMILES string of the molecule is C=C1CC1CNC(=O)c1c(C)cc(C)oc1=O. The second kappa shape index (κ2) is 4.20. The third kappa shape index (κ3) is 2.46. The molecule has 4 heteroatoms. The van der Waals surface area contributed by atoms with Crippen LogP contribution in [-0.4, -0.2) is 12.5 Å². The van der Waals surface area contributed by atoms with Crippen LogP contribution in [0.4, 0.5) is 0 Å². The van der Waals surface area contributed by atoms with E-state index in [1.165, 1.54) is 0 Å². The molecule has 0 radical (unpaired) electrons. The molecule has 1 aliphatic rings. The summed E-state index contributed by atoms with van der Waals surface area (Å²) in [4.78, 5) is 23.4. The molecule has 1 aliphatic carbocycles. The molecule has 17 heavy (non-hydrogen) atoms. The first-order chi connectivity index (χ1) is 7.99. The average Bonchev–Trinajstić information content (AvgIpc) is 2.90. The molecule has 1 heterocycles. The lowest BCUT2D eigenvalue weighted by Gasteiger charge is -2.05. The van der Waals surface area contributed by atoms with Gasteiger partial charge in [-0.15, -0.1) is 0 Å². The van der Waals surface area contributed by atoms with Crippen molar-refractivity contribution in [2.45, 2.75) is 20.3 Å². The van der Waals surface area contributed by atoms with Gasteiger partial charge in [-0.05, 0) is 31.9 Å². The molecule has 1 saturated carbocycles. The number of hydrogen-bond donors (Lipinski definition) is 1. The van der Waals surface area contributed by atoms with Gasteiger partial charge in [-0.25, -0.2) is 4.79 Å². The topological polar surface area (TPSA) is 59.3 Å². The van der Waals surface area contributed by atoms with Gasteiger partial charge < -0.3 is 9.73 Å². The Kier molecular flexibility index (Phi) is 2.88. The number of carbonyl (C=O) groups is 1. The van der Waals surface area contributed by atoms with Crippen LogP contribution in [0.5, 0.6) is 0 Å². The van der Waals surface area contributed by atoms with Crippen LogP contribution in [0.15, 0.2) is 27.4 Å². The van der Waals surface area contributed by atoms with E-state index in [0.717, 1.165) is 12.0 Å². The normalized spacial score (nSPS) is 18.0. The highest BCUT2D eigenvalue weighted by Crippen LogP contribution is 2.34. The van der Waals surface area contributed by atoms with Gasteiger partial charge in [0.15, 0.2) is 0 Å². The first kappa shape index (κ1) is 11.6. The predicted octanol–water partition coefficient (Wildman–Crippen LogP) is 1.56. The van der Waals surface area contributed by atoms with Crippen molar-refractivity contribution in [2.75, 3.05) is 6.54 Å². The Balaban J connectivity index is 2.13. The lowest BCUT2D eigenvalue weighted by Crippen LogP contribution is -2.31. The van der Waals surface area contributed by atoms with E-state index < -0.39 is 5.63 Å². The molecular formula is C13H15NO3. The Hall–Kier alpha value is -1.84. The monoisotopic (exact) mass is 233 g/mol. The van der Waals surface area contributed by atoms with Crippen molar-refractivity contribution in [3.8, 4) is 0 Å². The fourth-order valence-electron chi connectivity index (χ4n) is 1.81. The number of carbonyl (C=O) groups excluding carboxylic acids is 1. The molecule has 1 atom stereocenters. The third-order valence-corrected chi connectivity index (χ3v) is 2.93. The van der Waals surface area contributed by atoms with Crippen molar-refractivity contribution in [3.05, 3.63) is 45.5 Å². The van der Waals surface area contributed by atoms with E-state index >= 15 is 0 Å². The van der Waals surface area contributed by atoms with E-state index in [1.807, 2.05) is 0 Å². The minimum atomic E-state index is -0.574.